The molecule has 0 saturated carbocycles. The molecule has 1 heterocycles. The zero-order chi connectivity index (χ0) is 18.9. The topological polar surface area (TPSA) is 71.1 Å². The van der Waals surface area contributed by atoms with Crippen molar-refractivity contribution in [3.63, 3.8) is 0 Å². The van der Waals surface area contributed by atoms with Crippen molar-refractivity contribution in [3.05, 3.63) is 102 Å². The Balaban J connectivity index is 1.62. The maximum atomic E-state index is 12.8. The first kappa shape index (κ1) is 18.3. The summed E-state index contributed by atoms with van der Waals surface area (Å²) in [6.45, 7) is 0.304. The van der Waals surface area contributed by atoms with Crippen molar-refractivity contribution in [2.75, 3.05) is 6.54 Å². The van der Waals surface area contributed by atoms with Gasteiger partial charge in [0.15, 0.2) is 0 Å². The molecule has 0 bridgehead atoms. The molecular formula is C22H21N3O2. The van der Waals surface area contributed by atoms with Crippen LogP contribution in [0.5, 0.6) is 0 Å². The van der Waals surface area contributed by atoms with E-state index in [1.807, 2.05) is 72.8 Å². The lowest BCUT2D eigenvalue weighted by Crippen LogP contribution is -2.39. The Morgan fingerprint density at radius 1 is 0.815 bits per heavy atom. The number of hydrogen-bond acceptors (Lipinski definition) is 3. The molecule has 5 heteroatoms. The van der Waals surface area contributed by atoms with Gasteiger partial charge in [-0.1, -0.05) is 66.7 Å². The molecule has 0 aliphatic rings. The van der Waals surface area contributed by atoms with Gasteiger partial charge in [0.2, 0.25) is 11.8 Å². The summed E-state index contributed by atoms with van der Waals surface area (Å²) in [5, 5.41) is 5.53. The number of nitrogens with one attached hydrogen (secondary N) is 2. The standard InChI is InChI=1S/C22H21N3O2/c26-20(24-15-17-8-7-13-23-14-17)16-25-22(27)21(18-9-3-1-4-10-18)19-11-5-2-6-12-19/h1-14,21H,15-16H2,(H,24,26)(H,25,27). The van der Waals surface area contributed by atoms with Crippen molar-refractivity contribution >= 4 is 11.8 Å². The minimum absolute atomic E-state index is 0.0741. The summed E-state index contributed by atoms with van der Waals surface area (Å²) in [5.41, 5.74) is 2.68. The van der Waals surface area contributed by atoms with E-state index < -0.39 is 5.92 Å². The lowest BCUT2D eigenvalue weighted by molar-refractivity contribution is -0.126. The summed E-state index contributed by atoms with van der Waals surface area (Å²) in [4.78, 5) is 28.9. The minimum atomic E-state index is -0.460. The summed E-state index contributed by atoms with van der Waals surface area (Å²) in [6.07, 6.45) is 3.37. The van der Waals surface area contributed by atoms with E-state index in [9.17, 15) is 9.59 Å². The van der Waals surface area contributed by atoms with Gasteiger partial charge >= 0.3 is 0 Å². The normalized spacial score (nSPS) is 10.4. The SMILES string of the molecule is O=C(CNC(=O)C(c1ccccc1)c1ccccc1)NCc1cccnc1. The summed E-state index contributed by atoms with van der Waals surface area (Å²) in [7, 11) is 0. The number of pyridine rings is 1. The summed E-state index contributed by atoms with van der Waals surface area (Å²) >= 11 is 0. The molecule has 5 nitrogen and oxygen atoms in total. The van der Waals surface area contributed by atoms with Crippen molar-refractivity contribution in [1.82, 2.24) is 15.6 Å². The monoisotopic (exact) mass is 359 g/mol. The molecule has 1 aromatic heterocycles. The van der Waals surface area contributed by atoms with Crippen LogP contribution in [0.25, 0.3) is 0 Å². The fourth-order valence-electron chi connectivity index (χ4n) is 2.82. The Kier molecular flexibility index (Phi) is 6.30. The molecule has 0 spiro atoms. The fraction of sp³-hybridized carbons (Fsp3) is 0.136. The van der Waals surface area contributed by atoms with Crippen molar-refractivity contribution in [2.45, 2.75) is 12.5 Å². The Morgan fingerprint density at radius 2 is 1.44 bits per heavy atom. The second kappa shape index (κ2) is 9.29. The molecule has 2 aromatic carbocycles. The van der Waals surface area contributed by atoms with Crippen LogP contribution in [0.1, 0.15) is 22.6 Å². The highest BCUT2D eigenvalue weighted by Gasteiger charge is 2.22. The molecule has 0 aliphatic heterocycles. The van der Waals surface area contributed by atoms with Crippen LogP contribution in [0.4, 0.5) is 0 Å². The lowest BCUT2D eigenvalue weighted by Gasteiger charge is -2.17. The predicted molar refractivity (Wildman–Crippen MR) is 104 cm³/mol. The Morgan fingerprint density at radius 3 is 2.00 bits per heavy atom. The number of nitrogens with zero attached hydrogens (tertiary/aromatic N) is 1. The average molecular weight is 359 g/mol. The van der Waals surface area contributed by atoms with Crippen LogP contribution in [0.2, 0.25) is 0 Å². The maximum Gasteiger partial charge on any atom is 0.239 e. The third-order valence-corrected chi connectivity index (χ3v) is 4.16. The molecule has 0 atom stereocenters. The second-order valence-electron chi connectivity index (χ2n) is 6.11. The Hall–Kier alpha value is -3.47. The van der Waals surface area contributed by atoms with Crippen molar-refractivity contribution in [1.29, 1.82) is 0 Å². The van der Waals surface area contributed by atoms with E-state index in [2.05, 4.69) is 15.6 Å². The molecule has 3 rings (SSSR count). The summed E-state index contributed by atoms with van der Waals surface area (Å²) in [6, 6.07) is 22.8. The van der Waals surface area contributed by atoms with E-state index in [1.54, 1.807) is 12.4 Å². The first-order chi connectivity index (χ1) is 13.2. The molecule has 27 heavy (non-hydrogen) atoms. The predicted octanol–water partition coefficient (Wildman–Crippen LogP) is 2.65. The molecule has 0 unspecified atom stereocenters. The van der Waals surface area contributed by atoms with Crippen molar-refractivity contribution < 1.29 is 9.59 Å². The number of carbonyl (C=O) groups excluding carboxylic acids is 2. The van der Waals surface area contributed by atoms with E-state index in [0.29, 0.717) is 6.54 Å². The van der Waals surface area contributed by atoms with Gasteiger partial charge in [-0.3, -0.25) is 14.6 Å². The molecule has 3 aromatic rings. The number of aromatic nitrogens is 1. The first-order valence-corrected chi connectivity index (χ1v) is 8.77. The number of rotatable bonds is 7. The summed E-state index contributed by atoms with van der Waals surface area (Å²) < 4.78 is 0. The van der Waals surface area contributed by atoms with Crippen LogP contribution in [0, 0.1) is 0 Å². The van der Waals surface area contributed by atoms with Crippen molar-refractivity contribution in [3.8, 4) is 0 Å². The van der Waals surface area contributed by atoms with Crippen molar-refractivity contribution in [2.24, 2.45) is 0 Å². The second-order valence-corrected chi connectivity index (χ2v) is 6.11. The largest absolute Gasteiger partial charge is 0.350 e. The van der Waals surface area contributed by atoms with E-state index in [4.69, 9.17) is 0 Å². The van der Waals surface area contributed by atoms with E-state index in [-0.39, 0.29) is 18.4 Å². The third-order valence-electron chi connectivity index (χ3n) is 4.16. The molecule has 0 radical (unpaired) electrons. The van der Waals surface area contributed by atoms with Crippen LogP contribution >= 0.6 is 0 Å². The molecule has 2 amide bonds. The Bertz CT molecular complexity index is 828. The van der Waals surface area contributed by atoms with Gasteiger partial charge in [-0.2, -0.15) is 0 Å². The van der Waals surface area contributed by atoms with E-state index in [0.717, 1.165) is 16.7 Å². The maximum absolute atomic E-state index is 12.8. The fourth-order valence-corrected chi connectivity index (χ4v) is 2.82. The highest BCUT2D eigenvalue weighted by atomic mass is 16.2. The molecule has 136 valence electrons. The number of hydrogen-bond donors (Lipinski definition) is 2. The molecule has 0 aliphatic carbocycles. The summed E-state index contributed by atoms with van der Waals surface area (Å²) in [5.74, 6) is -0.908. The first-order valence-electron chi connectivity index (χ1n) is 8.77. The van der Waals surface area contributed by atoms with Crippen LogP contribution in [-0.2, 0) is 16.1 Å². The van der Waals surface area contributed by atoms with Crippen LogP contribution in [-0.4, -0.2) is 23.3 Å². The number of amides is 2. The number of carbonyl (C=O) groups is 2. The molecule has 2 N–H and O–H groups in total. The van der Waals surface area contributed by atoms with Gasteiger partial charge in [0.05, 0.1) is 12.5 Å². The van der Waals surface area contributed by atoms with Crippen LogP contribution < -0.4 is 10.6 Å². The third kappa shape index (κ3) is 5.25. The zero-order valence-electron chi connectivity index (χ0n) is 14.8. The van der Waals surface area contributed by atoms with E-state index in [1.165, 1.54) is 0 Å². The van der Waals surface area contributed by atoms with Crippen LogP contribution in [0.3, 0.4) is 0 Å². The van der Waals surface area contributed by atoms with Gasteiger partial charge in [0.1, 0.15) is 0 Å². The van der Waals surface area contributed by atoms with Gasteiger partial charge in [-0.25, -0.2) is 0 Å². The zero-order valence-corrected chi connectivity index (χ0v) is 14.8. The van der Waals surface area contributed by atoms with Gasteiger partial charge < -0.3 is 10.6 Å². The van der Waals surface area contributed by atoms with Gasteiger partial charge in [-0.05, 0) is 22.8 Å². The average Bonchev–Trinajstić information content (AvgIpc) is 2.73. The van der Waals surface area contributed by atoms with E-state index >= 15 is 0 Å². The highest BCUT2D eigenvalue weighted by molar-refractivity contribution is 5.90. The highest BCUT2D eigenvalue weighted by Crippen LogP contribution is 2.24. The van der Waals surface area contributed by atoms with Gasteiger partial charge in [-0.15, -0.1) is 0 Å². The quantitative estimate of drug-likeness (QED) is 0.681. The lowest BCUT2D eigenvalue weighted by atomic mass is 9.90. The van der Waals surface area contributed by atoms with Crippen LogP contribution in [0.15, 0.2) is 85.2 Å². The molecular weight excluding hydrogens is 338 g/mol. The minimum Gasteiger partial charge on any atom is -0.350 e. The van der Waals surface area contributed by atoms with Gasteiger partial charge in [0, 0.05) is 18.9 Å². The number of benzene rings is 2. The smallest absolute Gasteiger partial charge is 0.239 e. The Labute approximate surface area is 158 Å². The molecule has 0 saturated heterocycles. The molecule has 0 fully saturated rings. The van der Waals surface area contributed by atoms with Gasteiger partial charge in [0.25, 0.3) is 0 Å².